The van der Waals surface area contributed by atoms with Gasteiger partial charge in [-0.15, -0.1) is 0 Å². The molecule has 7 heteroatoms. The molecule has 0 unspecified atom stereocenters. The first-order valence-corrected chi connectivity index (χ1v) is 7.63. The van der Waals surface area contributed by atoms with Gasteiger partial charge in [0.2, 0.25) is 5.91 Å². The third kappa shape index (κ3) is 6.84. The lowest BCUT2D eigenvalue weighted by Crippen LogP contribution is -2.24. The molecule has 0 heterocycles. The van der Waals surface area contributed by atoms with Crippen molar-refractivity contribution in [1.82, 2.24) is 0 Å². The third-order valence-electron chi connectivity index (χ3n) is 3.35. The Labute approximate surface area is 144 Å². The van der Waals surface area contributed by atoms with Crippen molar-refractivity contribution < 1.29 is 22.7 Å². The zero-order chi connectivity index (χ0) is 18.3. The SMILES string of the molecule is CN(Cc1ccccc1)c1ccc(NC(=O)COCC(F)(F)F)cc1. The minimum absolute atomic E-state index is 0.498. The van der Waals surface area contributed by atoms with Crippen LogP contribution in [-0.2, 0) is 16.1 Å². The van der Waals surface area contributed by atoms with Crippen LogP contribution in [0, 0.1) is 0 Å². The molecule has 0 bridgehead atoms. The molecule has 1 N–H and O–H groups in total. The third-order valence-corrected chi connectivity index (χ3v) is 3.35. The molecule has 134 valence electrons. The van der Waals surface area contributed by atoms with Crippen molar-refractivity contribution in [3.63, 3.8) is 0 Å². The average Bonchev–Trinajstić information content (AvgIpc) is 2.55. The van der Waals surface area contributed by atoms with E-state index < -0.39 is 25.3 Å². The van der Waals surface area contributed by atoms with Crippen molar-refractivity contribution in [3.8, 4) is 0 Å². The molecule has 2 aromatic carbocycles. The Morgan fingerprint density at radius 3 is 2.32 bits per heavy atom. The number of carbonyl (C=O) groups excluding carboxylic acids is 1. The Hall–Kier alpha value is -2.54. The number of rotatable bonds is 7. The van der Waals surface area contributed by atoms with E-state index in [4.69, 9.17) is 0 Å². The molecule has 0 fully saturated rings. The Bertz CT molecular complexity index is 673. The van der Waals surface area contributed by atoms with E-state index in [-0.39, 0.29) is 0 Å². The van der Waals surface area contributed by atoms with Crippen molar-refractivity contribution in [2.45, 2.75) is 12.7 Å². The summed E-state index contributed by atoms with van der Waals surface area (Å²) in [5.41, 5.74) is 2.62. The summed E-state index contributed by atoms with van der Waals surface area (Å²) < 4.78 is 40.2. The van der Waals surface area contributed by atoms with Gasteiger partial charge in [0.15, 0.2) is 0 Å². The van der Waals surface area contributed by atoms with E-state index in [9.17, 15) is 18.0 Å². The minimum atomic E-state index is -4.44. The van der Waals surface area contributed by atoms with Crippen LogP contribution >= 0.6 is 0 Å². The summed E-state index contributed by atoms with van der Waals surface area (Å²) in [4.78, 5) is 13.6. The topological polar surface area (TPSA) is 41.6 Å². The van der Waals surface area contributed by atoms with Crippen molar-refractivity contribution in [2.75, 3.05) is 30.5 Å². The summed E-state index contributed by atoms with van der Waals surface area (Å²) in [6.07, 6.45) is -4.44. The monoisotopic (exact) mass is 352 g/mol. The average molecular weight is 352 g/mol. The van der Waals surface area contributed by atoms with E-state index in [0.29, 0.717) is 5.69 Å². The highest BCUT2D eigenvalue weighted by molar-refractivity contribution is 5.91. The van der Waals surface area contributed by atoms with Gasteiger partial charge in [0.25, 0.3) is 0 Å². The van der Waals surface area contributed by atoms with Gasteiger partial charge in [-0.2, -0.15) is 13.2 Å². The van der Waals surface area contributed by atoms with Gasteiger partial charge >= 0.3 is 6.18 Å². The number of amides is 1. The molecule has 2 aromatic rings. The number of halogens is 3. The van der Waals surface area contributed by atoms with Gasteiger partial charge in [0.1, 0.15) is 13.2 Å². The van der Waals surface area contributed by atoms with E-state index in [2.05, 4.69) is 10.1 Å². The molecule has 0 saturated heterocycles. The van der Waals surface area contributed by atoms with Crippen molar-refractivity contribution in [2.24, 2.45) is 0 Å². The Morgan fingerprint density at radius 1 is 1.08 bits per heavy atom. The predicted molar refractivity (Wildman–Crippen MR) is 90.5 cm³/mol. The first kappa shape index (κ1) is 18.8. The Balaban J connectivity index is 1.83. The van der Waals surface area contributed by atoms with Crippen LogP contribution in [0.1, 0.15) is 5.56 Å². The lowest BCUT2D eigenvalue weighted by molar-refractivity contribution is -0.174. The Morgan fingerprint density at radius 2 is 1.72 bits per heavy atom. The standard InChI is InChI=1S/C18H19F3N2O2/c1-23(11-14-5-3-2-4-6-14)16-9-7-15(8-10-16)22-17(24)12-25-13-18(19,20)21/h2-10H,11-13H2,1H3,(H,22,24). The second-order valence-corrected chi connectivity index (χ2v) is 5.54. The number of hydrogen-bond donors (Lipinski definition) is 1. The van der Waals surface area contributed by atoms with E-state index in [0.717, 1.165) is 12.2 Å². The van der Waals surface area contributed by atoms with Crippen LogP contribution in [0.25, 0.3) is 0 Å². The van der Waals surface area contributed by atoms with Crippen LogP contribution in [0.5, 0.6) is 0 Å². The first-order valence-electron chi connectivity index (χ1n) is 7.63. The summed E-state index contributed by atoms with van der Waals surface area (Å²) in [7, 11) is 1.95. The van der Waals surface area contributed by atoms with Crippen LogP contribution in [0.2, 0.25) is 0 Å². The summed E-state index contributed by atoms with van der Waals surface area (Å²) in [5, 5.41) is 2.49. The van der Waals surface area contributed by atoms with E-state index in [1.807, 2.05) is 54.4 Å². The largest absolute Gasteiger partial charge is 0.411 e. The second kappa shape index (κ2) is 8.53. The molecule has 0 saturated carbocycles. The number of anilines is 2. The molecule has 0 radical (unpaired) electrons. The Kier molecular flexibility index (Phi) is 6.41. The molecule has 0 aliphatic carbocycles. The highest BCUT2D eigenvalue weighted by Gasteiger charge is 2.27. The predicted octanol–water partition coefficient (Wildman–Crippen LogP) is 3.84. The number of hydrogen-bond acceptors (Lipinski definition) is 3. The number of nitrogens with one attached hydrogen (secondary N) is 1. The van der Waals surface area contributed by atoms with Crippen LogP contribution in [0.4, 0.5) is 24.5 Å². The van der Waals surface area contributed by atoms with E-state index >= 15 is 0 Å². The lowest BCUT2D eigenvalue weighted by atomic mass is 10.2. The molecule has 25 heavy (non-hydrogen) atoms. The molecular weight excluding hydrogens is 333 g/mol. The molecule has 0 aliphatic rings. The van der Waals surface area contributed by atoms with Crippen molar-refractivity contribution >= 4 is 17.3 Å². The smallest absolute Gasteiger partial charge is 0.370 e. The van der Waals surface area contributed by atoms with Gasteiger partial charge < -0.3 is 15.0 Å². The van der Waals surface area contributed by atoms with Crippen LogP contribution in [-0.4, -0.2) is 32.3 Å². The van der Waals surface area contributed by atoms with E-state index in [1.165, 1.54) is 5.56 Å². The van der Waals surface area contributed by atoms with Crippen LogP contribution < -0.4 is 10.2 Å². The highest BCUT2D eigenvalue weighted by atomic mass is 19.4. The summed E-state index contributed by atoms with van der Waals surface area (Å²) >= 11 is 0. The fourth-order valence-corrected chi connectivity index (χ4v) is 2.20. The van der Waals surface area contributed by atoms with Crippen LogP contribution in [0.15, 0.2) is 54.6 Å². The van der Waals surface area contributed by atoms with Gasteiger partial charge in [-0.3, -0.25) is 4.79 Å². The highest BCUT2D eigenvalue weighted by Crippen LogP contribution is 2.19. The van der Waals surface area contributed by atoms with Crippen molar-refractivity contribution in [1.29, 1.82) is 0 Å². The van der Waals surface area contributed by atoms with E-state index in [1.54, 1.807) is 12.1 Å². The van der Waals surface area contributed by atoms with Gasteiger partial charge in [0.05, 0.1) is 0 Å². The maximum atomic E-state index is 11.9. The number of nitrogens with zero attached hydrogens (tertiary/aromatic N) is 1. The fraction of sp³-hybridized carbons (Fsp3) is 0.278. The fourth-order valence-electron chi connectivity index (χ4n) is 2.20. The maximum absolute atomic E-state index is 11.9. The molecule has 0 atom stereocenters. The molecule has 0 aliphatic heterocycles. The van der Waals surface area contributed by atoms with Gasteiger partial charge in [-0.05, 0) is 29.8 Å². The minimum Gasteiger partial charge on any atom is -0.370 e. The lowest BCUT2D eigenvalue weighted by Gasteiger charge is -2.19. The molecule has 0 aromatic heterocycles. The maximum Gasteiger partial charge on any atom is 0.411 e. The number of benzene rings is 2. The molecular formula is C18H19F3N2O2. The summed E-state index contributed by atoms with van der Waals surface area (Å²) in [5.74, 6) is -0.630. The number of ether oxygens (including phenoxy) is 1. The first-order chi connectivity index (χ1) is 11.8. The van der Waals surface area contributed by atoms with Crippen LogP contribution in [0.3, 0.4) is 0 Å². The zero-order valence-corrected chi connectivity index (χ0v) is 13.7. The molecule has 1 amide bonds. The summed E-state index contributed by atoms with van der Waals surface area (Å²) in [6.45, 7) is -1.35. The zero-order valence-electron chi connectivity index (χ0n) is 13.7. The second-order valence-electron chi connectivity index (χ2n) is 5.54. The summed E-state index contributed by atoms with van der Waals surface area (Å²) in [6, 6.07) is 17.0. The number of carbonyl (C=O) groups is 1. The normalized spacial score (nSPS) is 11.2. The number of alkyl halides is 3. The molecule has 4 nitrogen and oxygen atoms in total. The van der Waals surface area contributed by atoms with Gasteiger partial charge in [-0.1, -0.05) is 30.3 Å². The van der Waals surface area contributed by atoms with Crippen molar-refractivity contribution in [3.05, 3.63) is 60.2 Å². The molecule has 2 rings (SSSR count). The van der Waals surface area contributed by atoms with Gasteiger partial charge in [-0.25, -0.2) is 0 Å². The quantitative estimate of drug-likeness (QED) is 0.823. The molecule has 0 spiro atoms. The van der Waals surface area contributed by atoms with Gasteiger partial charge in [0, 0.05) is 25.0 Å².